The van der Waals surface area contributed by atoms with E-state index in [-0.39, 0.29) is 34.2 Å². The lowest BCUT2D eigenvalue weighted by atomic mass is 9.31. The van der Waals surface area contributed by atoms with Gasteiger partial charge in [-0.2, -0.15) is 0 Å². The maximum absolute atomic E-state index is 12.5. The summed E-state index contributed by atoms with van der Waals surface area (Å²) in [5.41, 5.74) is 0.500. The minimum atomic E-state index is -0.683. The summed E-state index contributed by atoms with van der Waals surface area (Å²) in [4.78, 5) is 12.5. The number of aliphatic hydroxyl groups is 1. The molecular weight excluding hydrogens is 432 g/mol. The van der Waals surface area contributed by atoms with Crippen LogP contribution in [0.15, 0.2) is 0 Å². The van der Waals surface area contributed by atoms with Crippen molar-refractivity contribution in [1.29, 1.82) is 0 Å². The van der Waals surface area contributed by atoms with Gasteiger partial charge in [-0.1, -0.05) is 48.0 Å². The molecule has 10 atom stereocenters. The molecule has 3 heteroatoms. The maximum Gasteiger partial charge on any atom is 0.302 e. The fourth-order valence-electron chi connectivity index (χ4n) is 12.5. The summed E-state index contributed by atoms with van der Waals surface area (Å²) in [6.07, 6.45) is 12.4. The maximum atomic E-state index is 12.5. The van der Waals surface area contributed by atoms with Crippen molar-refractivity contribution in [2.75, 3.05) is 0 Å². The van der Waals surface area contributed by atoms with Gasteiger partial charge in [-0.15, -0.1) is 0 Å². The van der Waals surface area contributed by atoms with Gasteiger partial charge in [-0.3, -0.25) is 4.79 Å². The molecule has 35 heavy (non-hydrogen) atoms. The monoisotopic (exact) mass is 486 g/mol. The summed E-state index contributed by atoms with van der Waals surface area (Å²) in [5, 5.41) is 11.1. The zero-order chi connectivity index (χ0) is 25.8. The van der Waals surface area contributed by atoms with Gasteiger partial charge in [-0.05, 0) is 123 Å². The molecule has 0 bridgehead atoms. The summed E-state index contributed by atoms with van der Waals surface area (Å²) < 4.78 is 6.38. The molecule has 0 spiro atoms. The fraction of sp³-hybridized carbons (Fsp3) is 0.969. The van der Waals surface area contributed by atoms with Crippen LogP contribution < -0.4 is 0 Å². The van der Waals surface area contributed by atoms with Gasteiger partial charge in [0, 0.05) is 12.3 Å². The third kappa shape index (κ3) is 3.34. The quantitative estimate of drug-likeness (QED) is 0.405. The number of hydrogen-bond donors (Lipinski definition) is 1. The molecule has 0 aliphatic heterocycles. The molecule has 0 aromatic rings. The van der Waals surface area contributed by atoms with Crippen molar-refractivity contribution < 1.29 is 14.6 Å². The molecule has 4 unspecified atom stereocenters. The van der Waals surface area contributed by atoms with Crippen molar-refractivity contribution in [3.8, 4) is 0 Å². The van der Waals surface area contributed by atoms with E-state index in [0.717, 1.165) is 18.8 Å². The van der Waals surface area contributed by atoms with E-state index in [1.165, 1.54) is 51.4 Å². The van der Waals surface area contributed by atoms with Crippen molar-refractivity contribution in [2.24, 2.45) is 56.7 Å². The van der Waals surface area contributed by atoms with Crippen LogP contribution in [-0.2, 0) is 9.53 Å². The minimum absolute atomic E-state index is 0.0170. The second-order valence-electron chi connectivity index (χ2n) is 16.1. The number of fused-ring (bicyclic) bond motifs is 7. The van der Waals surface area contributed by atoms with Crippen molar-refractivity contribution in [3.63, 3.8) is 0 Å². The molecule has 0 aromatic heterocycles. The SMILES string of the molecule is CC(=O)O[C@H]1CC2[C@@H](C(C)(C)O)CC[C@]2(C)C2CCC3[C@@]4(C)CCCC(C)(C)C4CC[C@@]3(C)[C@@]21C. The predicted octanol–water partition coefficient (Wildman–Crippen LogP) is 7.79. The van der Waals surface area contributed by atoms with Gasteiger partial charge in [0.25, 0.3) is 0 Å². The Bertz CT molecular complexity index is 871. The van der Waals surface area contributed by atoms with Gasteiger partial charge in [0.05, 0.1) is 5.60 Å². The molecule has 1 N–H and O–H groups in total. The van der Waals surface area contributed by atoms with Crippen LogP contribution in [0.1, 0.15) is 127 Å². The van der Waals surface area contributed by atoms with Crippen LogP contribution in [0.4, 0.5) is 0 Å². The molecule has 5 aliphatic rings. The predicted molar refractivity (Wildman–Crippen MR) is 142 cm³/mol. The largest absolute Gasteiger partial charge is 0.462 e. The summed E-state index contributed by atoms with van der Waals surface area (Å²) in [7, 11) is 0. The van der Waals surface area contributed by atoms with E-state index in [0.29, 0.717) is 28.6 Å². The summed E-state index contributed by atoms with van der Waals surface area (Å²) in [5.74, 6) is 2.62. The van der Waals surface area contributed by atoms with Crippen LogP contribution in [-0.4, -0.2) is 22.8 Å². The fourth-order valence-corrected chi connectivity index (χ4v) is 12.5. The molecule has 0 aromatic carbocycles. The Hall–Kier alpha value is -0.570. The Kier molecular flexibility index (Phi) is 5.76. The molecule has 5 fully saturated rings. The van der Waals surface area contributed by atoms with E-state index in [4.69, 9.17) is 4.74 Å². The minimum Gasteiger partial charge on any atom is -0.462 e. The number of rotatable bonds is 2. The molecule has 3 nitrogen and oxygen atoms in total. The number of hydrogen-bond acceptors (Lipinski definition) is 3. The van der Waals surface area contributed by atoms with E-state index in [2.05, 4.69) is 41.5 Å². The molecule has 0 heterocycles. The Morgan fingerprint density at radius 3 is 2.11 bits per heavy atom. The van der Waals surface area contributed by atoms with Crippen molar-refractivity contribution >= 4 is 5.97 Å². The van der Waals surface area contributed by atoms with Crippen LogP contribution in [0.25, 0.3) is 0 Å². The van der Waals surface area contributed by atoms with E-state index in [9.17, 15) is 9.90 Å². The zero-order valence-corrected chi connectivity index (χ0v) is 24.3. The van der Waals surface area contributed by atoms with Gasteiger partial charge < -0.3 is 9.84 Å². The van der Waals surface area contributed by atoms with Gasteiger partial charge in [-0.25, -0.2) is 0 Å². The van der Waals surface area contributed by atoms with Crippen molar-refractivity contribution in [3.05, 3.63) is 0 Å². The molecule has 0 saturated heterocycles. The average Bonchev–Trinajstić information content (AvgIpc) is 3.05. The smallest absolute Gasteiger partial charge is 0.302 e. The molecule has 200 valence electrons. The second-order valence-corrected chi connectivity index (χ2v) is 16.1. The first kappa shape index (κ1) is 26.1. The van der Waals surface area contributed by atoms with Gasteiger partial charge >= 0.3 is 5.97 Å². The zero-order valence-electron chi connectivity index (χ0n) is 24.3. The highest BCUT2D eigenvalue weighted by Crippen LogP contribution is 2.78. The number of ether oxygens (including phenoxy) is 1. The van der Waals surface area contributed by atoms with E-state index < -0.39 is 5.60 Å². The first-order valence-electron chi connectivity index (χ1n) is 14.9. The number of carbonyl (C=O) groups is 1. The second kappa shape index (κ2) is 7.73. The first-order chi connectivity index (χ1) is 16.0. The topological polar surface area (TPSA) is 46.5 Å². The standard InChI is InChI=1S/C32H54O3/c1-20(33)35-26-19-22-21(28(4,5)34)13-17-29(22,6)25-12-11-24-30(7)16-10-15-27(2,3)23(30)14-18-31(24,8)32(25,26)9/h21-26,34H,10-19H2,1-9H3/t21-,22?,23?,24?,25?,26-,29-,30-,31+,32-/m0/s1. The number of esters is 1. The Balaban J connectivity index is 1.61. The van der Waals surface area contributed by atoms with E-state index in [1.807, 2.05) is 13.8 Å². The highest BCUT2D eigenvalue weighted by atomic mass is 16.5. The van der Waals surface area contributed by atoms with Crippen LogP contribution in [0.5, 0.6) is 0 Å². The molecule has 5 aliphatic carbocycles. The van der Waals surface area contributed by atoms with Gasteiger partial charge in [0.1, 0.15) is 6.10 Å². The van der Waals surface area contributed by atoms with Crippen LogP contribution in [0.3, 0.4) is 0 Å². The average molecular weight is 487 g/mol. The lowest BCUT2D eigenvalue weighted by Gasteiger charge is -2.74. The summed E-state index contributed by atoms with van der Waals surface area (Å²) in [6.45, 7) is 21.1. The van der Waals surface area contributed by atoms with Gasteiger partial charge in [0.15, 0.2) is 0 Å². The van der Waals surface area contributed by atoms with Crippen molar-refractivity contribution in [2.45, 2.75) is 138 Å². The van der Waals surface area contributed by atoms with E-state index in [1.54, 1.807) is 6.92 Å². The van der Waals surface area contributed by atoms with Gasteiger partial charge in [0.2, 0.25) is 0 Å². The van der Waals surface area contributed by atoms with Crippen LogP contribution in [0, 0.1) is 56.7 Å². The highest BCUT2D eigenvalue weighted by Gasteiger charge is 2.73. The van der Waals surface area contributed by atoms with Crippen molar-refractivity contribution in [1.82, 2.24) is 0 Å². The molecule has 5 saturated carbocycles. The molecule has 0 amide bonds. The summed E-state index contributed by atoms with van der Waals surface area (Å²) >= 11 is 0. The highest BCUT2D eigenvalue weighted by molar-refractivity contribution is 5.66. The molecule has 0 radical (unpaired) electrons. The normalized spacial score (nSPS) is 53.1. The third-order valence-electron chi connectivity index (χ3n) is 14.0. The Labute approximate surface area is 215 Å². The Morgan fingerprint density at radius 1 is 0.829 bits per heavy atom. The van der Waals surface area contributed by atoms with Crippen LogP contribution in [0.2, 0.25) is 0 Å². The first-order valence-corrected chi connectivity index (χ1v) is 14.9. The lowest BCUT2D eigenvalue weighted by Crippen LogP contribution is -2.70. The molecular formula is C32H54O3. The van der Waals surface area contributed by atoms with Crippen LogP contribution >= 0.6 is 0 Å². The lowest BCUT2D eigenvalue weighted by molar-refractivity contribution is -0.279. The summed E-state index contributed by atoms with van der Waals surface area (Å²) in [6, 6.07) is 0. The van der Waals surface area contributed by atoms with E-state index >= 15 is 0 Å². The Morgan fingerprint density at radius 2 is 1.49 bits per heavy atom. The molecule has 5 rings (SSSR count). The third-order valence-corrected chi connectivity index (χ3v) is 14.0. The number of carbonyl (C=O) groups excluding carboxylic acids is 1.